The predicted molar refractivity (Wildman–Crippen MR) is 119 cm³/mol. The standard InChI is InChI=1S/C18H30N2O3.C3H6O2.C2H6/c1-13-10-15(13)8-6-4-5-7-9-19(3)18(23)20-12-16(22)11-17(20)14(2)21;1-2-5-3-4;1-2/h6,8,13,15-17,22H,4-5,7,9-12H2,1-3H3;3H,2H2,1H3;1-2H3/b8-6-;;/t13?,15-,16?,17?;;/m1../s1. The first-order valence-electron chi connectivity index (χ1n) is 11.2. The first-order chi connectivity index (χ1) is 14.3. The van der Waals surface area contributed by atoms with Crippen LogP contribution in [0.25, 0.3) is 0 Å². The van der Waals surface area contributed by atoms with Crippen LogP contribution in [0.2, 0.25) is 0 Å². The van der Waals surface area contributed by atoms with Crippen molar-refractivity contribution in [2.45, 2.75) is 78.9 Å². The molecule has 7 heteroatoms. The highest BCUT2D eigenvalue weighted by Gasteiger charge is 2.38. The molecule has 2 rings (SSSR count). The molecule has 2 fully saturated rings. The Kier molecular flexibility index (Phi) is 14.9. The number of ketones is 1. The molecule has 1 saturated heterocycles. The minimum Gasteiger partial charge on any atom is -0.468 e. The highest BCUT2D eigenvalue weighted by Crippen LogP contribution is 2.38. The van der Waals surface area contributed by atoms with Gasteiger partial charge in [-0.1, -0.05) is 32.9 Å². The van der Waals surface area contributed by atoms with Gasteiger partial charge in [-0.2, -0.15) is 0 Å². The van der Waals surface area contributed by atoms with Crippen molar-refractivity contribution in [1.29, 1.82) is 0 Å². The largest absolute Gasteiger partial charge is 0.468 e. The second-order valence-corrected chi connectivity index (χ2v) is 7.72. The number of β-amino-alcohol motifs (C(OH)–C–C–N with tert-alkyl or cyclic N) is 1. The van der Waals surface area contributed by atoms with Crippen LogP contribution in [0.3, 0.4) is 0 Å². The molecule has 3 unspecified atom stereocenters. The molecule has 7 nitrogen and oxygen atoms in total. The van der Waals surface area contributed by atoms with E-state index in [2.05, 4.69) is 23.8 Å². The van der Waals surface area contributed by atoms with Gasteiger partial charge in [0.05, 0.1) is 18.8 Å². The maximum absolute atomic E-state index is 12.4. The number of aliphatic hydroxyl groups excluding tert-OH is 1. The van der Waals surface area contributed by atoms with E-state index in [1.807, 2.05) is 13.8 Å². The van der Waals surface area contributed by atoms with E-state index in [1.165, 1.54) is 18.2 Å². The Morgan fingerprint density at radius 1 is 1.23 bits per heavy atom. The van der Waals surface area contributed by atoms with Gasteiger partial charge < -0.3 is 19.6 Å². The van der Waals surface area contributed by atoms with E-state index >= 15 is 0 Å². The van der Waals surface area contributed by atoms with Crippen LogP contribution in [0.5, 0.6) is 0 Å². The lowest BCUT2D eigenvalue weighted by Crippen LogP contribution is -2.46. The van der Waals surface area contributed by atoms with E-state index in [0.717, 1.165) is 31.1 Å². The first kappa shape index (κ1) is 28.1. The van der Waals surface area contributed by atoms with Crippen molar-refractivity contribution in [1.82, 2.24) is 9.80 Å². The summed E-state index contributed by atoms with van der Waals surface area (Å²) in [5.74, 6) is 1.60. The SMILES string of the molecule is CC.CC(=O)C1CC(O)CN1C(=O)N(C)CCCC/C=C\[C@@H]1CC1C.CCOC=O. The molecule has 0 aromatic carbocycles. The number of Topliss-reactive ketones (excluding diaryl/α,β-unsaturated/α-hetero) is 1. The highest BCUT2D eigenvalue weighted by atomic mass is 16.5. The zero-order valence-corrected chi connectivity index (χ0v) is 19.7. The molecule has 174 valence electrons. The number of unbranched alkanes of at least 4 members (excludes halogenated alkanes) is 2. The zero-order chi connectivity index (χ0) is 23.1. The molecular formula is C23H42N2O5. The number of carbonyl (C=O) groups is 3. The van der Waals surface area contributed by atoms with Crippen LogP contribution in [0.1, 0.15) is 66.7 Å². The number of ether oxygens (including phenoxy) is 1. The van der Waals surface area contributed by atoms with Gasteiger partial charge in [0.2, 0.25) is 0 Å². The Labute approximate surface area is 182 Å². The number of hydrogen-bond donors (Lipinski definition) is 1. The molecule has 0 aromatic heterocycles. The Bertz CT molecular complexity index is 538. The molecule has 0 aromatic rings. The van der Waals surface area contributed by atoms with Crippen LogP contribution >= 0.6 is 0 Å². The van der Waals surface area contributed by atoms with Crippen LogP contribution in [-0.2, 0) is 14.3 Å². The number of allylic oxidation sites excluding steroid dienone is 2. The average Bonchev–Trinajstić information content (AvgIpc) is 3.28. The molecule has 2 aliphatic rings. The fourth-order valence-electron chi connectivity index (χ4n) is 3.29. The van der Waals surface area contributed by atoms with Crippen LogP contribution in [-0.4, -0.2) is 72.1 Å². The van der Waals surface area contributed by atoms with E-state index in [0.29, 0.717) is 26.0 Å². The van der Waals surface area contributed by atoms with Crippen molar-refractivity contribution in [2.24, 2.45) is 11.8 Å². The number of rotatable bonds is 9. The summed E-state index contributed by atoms with van der Waals surface area (Å²) in [5, 5.41) is 9.72. The summed E-state index contributed by atoms with van der Waals surface area (Å²) in [4.78, 5) is 36.4. The Hall–Kier alpha value is -1.89. The summed E-state index contributed by atoms with van der Waals surface area (Å²) >= 11 is 0. The summed E-state index contributed by atoms with van der Waals surface area (Å²) in [6.07, 6.45) is 8.76. The van der Waals surface area contributed by atoms with Gasteiger partial charge in [0.15, 0.2) is 5.78 Å². The Morgan fingerprint density at radius 2 is 1.87 bits per heavy atom. The van der Waals surface area contributed by atoms with Crippen LogP contribution < -0.4 is 0 Å². The third-order valence-electron chi connectivity index (χ3n) is 5.22. The normalized spacial score (nSPS) is 24.3. The van der Waals surface area contributed by atoms with Crippen LogP contribution in [0.15, 0.2) is 12.2 Å². The topological polar surface area (TPSA) is 87.2 Å². The minimum absolute atomic E-state index is 0.0530. The third-order valence-corrected chi connectivity index (χ3v) is 5.22. The quantitative estimate of drug-likeness (QED) is 0.345. The van der Waals surface area contributed by atoms with Crippen molar-refractivity contribution in [3.63, 3.8) is 0 Å². The number of aliphatic hydroxyl groups is 1. The van der Waals surface area contributed by atoms with Crippen molar-refractivity contribution < 1.29 is 24.2 Å². The minimum atomic E-state index is -0.587. The van der Waals surface area contributed by atoms with Gasteiger partial charge >= 0.3 is 6.03 Å². The van der Waals surface area contributed by atoms with Gasteiger partial charge in [-0.15, -0.1) is 0 Å². The summed E-state index contributed by atoms with van der Waals surface area (Å²) in [5.41, 5.74) is 0. The van der Waals surface area contributed by atoms with Gasteiger partial charge in [0.1, 0.15) is 0 Å². The van der Waals surface area contributed by atoms with E-state index < -0.39 is 12.1 Å². The number of likely N-dealkylation sites (tertiary alicyclic amines) is 1. The van der Waals surface area contributed by atoms with E-state index in [1.54, 1.807) is 18.9 Å². The molecule has 30 heavy (non-hydrogen) atoms. The molecule has 1 aliphatic heterocycles. The number of amides is 2. The lowest BCUT2D eigenvalue weighted by molar-refractivity contribution is -0.128. The molecular weight excluding hydrogens is 384 g/mol. The van der Waals surface area contributed by atoms with Crippen molar-refractivity contribution >= 4 is 18.3 Å². The van der Waals surface area contributed by atoms with Crippen molar-refractivity contribution in [3.8, 4) is 0 Å². The zero-order valence-electron chi connectivity index (χ0n) is 19.7. The number of carbonyl (C=O) groups excluding carboxylic acids is 3. The molecule has 1 aliphatic carbocycles. The third kappa shape index (κ3) is 10.8. The van der Waals surface area contributed by atoms with E-state index in [9.17, 15) is 19.5 Å². The van der Waals surface area contributed by atoms with Gasteiger partial charge in [0.25, 0.3) is 6.47 Å². The Balaban J connectivity index is 0.00000105. The molecule has 0 bridgehead atoms. The summed E-state index contributed by atoms with van der Waals surface area (Å²) in [7, 11) is 1.77. The van der Waals surface area contributed by atoms with E-state index in [4.69, 9.17) is 0 Å². The van der Waals surface area contributed by atoms with E-state index in [-0.39, 0.29) is 18.4 Å². The lowest BCUT2D eigenvalue weighted by Gasteiger charge is -2.28. The summed E-state index contributed by atoms with van der Waals surface area (Å²) in [6.45, 7) is 11.4. The second kappa shape index (κ2) is 15.9. The molecule has 0 spiro atoms. The number of nitrogens with zero attached hydrogens (tertiary/aromatic N) is 2. The molecule has 1 N–H and O–H groups in total. The summed E-state index contributed by atoms with van der Waals surface area (Å²) < 4.78 is 4.15. The van der Waals surface area contributed by atoms with Crippen molar-refractivity contribution in [2.75, 3.05) is 26.7 Å². The fourth-order valence-corrected chi connectivity index (χ4v) is 3.29. The molecule has 1 heterocycles. The highest BCUT2D eigenvalue weighted by molar-refractivity contribution is 5.87. The lowest BCUT2D eigenvalue weighted by atomic mass is 10.1. The average molecular weight is 427 g/mol. The maximum Gasteiger partial charge on any atom is 0.320 e. The fraction of sp³-hybridized carbons (Fsp3) is 0.783. The summed E-state index contributed by atoms with van der Waals surface area (Å²) in [6, 6.07) is -0.618. The van der Waals surface area contributed by atoms with Crippen LogP contribution in [0.4, 0.5) is 4.79 Å². The predicted octanol–water partition coefficient (Wildman–Crippen LogP) is 3.65. The molecule has 0 radical (unpaired) electrons. The number of urea groups is 1. The van der Waals surface area contributed by atoms with Gasteiger partial charge in [-0.25, -0.2) is 4.79 Å². The second-order valence-electron chi connectivity index (χ2n) is 7.72. The smallest absolute Gasteiger partial charge is 0.320 e. The monoisotopic (exact) mass is 426 g/mol. The first-order valence-corrected chi connectivity index (χ1v) is 11.2. The van der Waals surface area contributed by atoms with Gasteiger partial charge in [-0.05, 0) is 51.4 Å². The van der Waals surface area contributed by atoms with Gasteiger partial charge in [-0.3, -0.25) is 9.59 Å². The molecule has 2 amide bonds. The Morgan fingerprint density at radius 3 is 2.33 bits per heavy atom. The van der Waals surface area contributed by atoms with Gasteiger partial charge in [0, 0.05) is 26.6 Å². The molecule has 1 saturated carbocycles. The van der Waals surface area contributed by atoms with Crippen LogP contribution in [0, 0.1) is 11.8 Å². The maximum atomic E-state index is 12.4. The molecule has 4 atom stereocenters. The number of hydrogen-bond acceptors (Lipinski definition) is 5. The van der Waals surface area contributed by atoms with Crippen molar-refractivity contribution in [3.05, 3.63) is 12.2 Å².